The van der Waals surface area contributed by atoms with Crippen LogP contribution in [0.15, 0.2) is 29.6 Å². The van der Waals surface area contributed by atoms with Gasteiger partial charge >= 0.3 is 12.1 Å². The molecule has 12 heteroatoms. The molecule has 1 aromatic heterocycles. The third-order valence-electron chi connectivity index (χ3n) is 2.50. The number of carbonyl (C=O) groups is 2. The van der Waals surface area contributed by atoms with Gasteiger partial charge in [0.1, 0.15) is 0 Å². The van der Waals surface area contributed by atoms with Gasteiger partial charge in [0.15, 0.2) is 23.2 Å². The first-order chi connectivity index (χ1) is 12.1. The number of benzene rings is 1. The van der Waals surface area contributed by atoms with Crippen LogP contribution in [0.2, 0.25) is 0 Å². The molecule has 8 nitrogen and oxygen atoms in total. The molecule has 0 spiro atoms. The summed E-state index contributed by atoms with van der Waals surface area (Å²) >= 11 is 1.32. The number of carboxylic acid groups (broad SMARTS) is 1. The number of alkyl halides is 3. The standard InChI is InChI=1S/C12H13N3O3S.C2HF3O2/c13-12-15-8(7-19-12)5-14-11(17)6-18-10-4-2-1-3-9(10)16;3-2(4,5)1(6)7/h1-4,7,16H,5-6H2,(H2,13,15)(H,14,17);(H,6,7). The lowest BCUT2D eigenvalue weighted by Crippen LogP contribution is -2.28. The minimum Gasteiger partial charge on any atom is -0.504 e. The highest BCUT2D eigenvalue weighted by Crippen LogP contribution is 2.24. The van der Waals surface area contributed by atoms with Gasteiger partial charge in [-0.15, -0.1) is 11.3 Å². The molecular weight excluding hydrogens is 379 g/mol. The number of nitrogens with one attached hydrogen (secondary N) is 1. The number of halogens is 3. The van der Waals surface area contributed by atoms with Gasteiger partial charge in [-0.3, -0.25) is 4.79 Å². The first kappa shape index (κ1) is 21.0. The fraction of sp³-hybridized carbons (Fsp3) is 0.214. The molecule has 0 saturated heterocycles. The second-order valence-electron chi connectivity index (χ2n) is 4.51. The first-order valence-corrected chi connectivity index (χ1v) is 7.65. The molecule has 1 aromatic carbocycles. The van der Waals surface area contributed by atoms with E-state index in [-0.39, 0.29) is 24.0 Å². The lowest BCUT2D eigenvalue weighted by Gasteiger charge is -2.07. The van der Waals surface area contributed by atoms with Gasteiger partial charge in [0.25, 0.3) is 5.91 Å². The number of nitrogen functional groups attached to an aromatic ring is 1. The Bertz CT molecular complexity index is 751. The molecule has 0 radical (unpaired) electrons. The summed E-state index contributed by atoms with van der Waals surface area (Å²) in [4.78, 5) is 24.4. The van der Waals surface area contributed by atoms with E-state index in [1.807, 2.05) is 0 Å². The zero-order chi connectivity index (χ0) is 19.7. The van der Waals surface area contributed by atoms with Crippen LogP contribution >= 0.6 is 11.3 Å². The highest BCUT2D eigenvalue weighted by Gasteiger charge is 2.38. The Balaban J connectivity index is 0.000000412. The van der Waals surface area contributed by atoms with Crippen LogP contribution in [0.25, 0.3) is 0 Å². The number of phenolic OH excluding ortho intramolecular Hbond substituents is 1. The van der Waals surface area contributed by atoms with E-state index >= 15 is 0 Å². The summed E-state index contributed by atoms with van der Waals surface area (Å²) in [5.41, 5.74) is 6.19. The van der Waals surface area contributed by atoms with Crippen molar-refractivity contribution in [1.29, 1.82) is 0 Å². The summed E-state index contributed by atoms with van der Waals surface area (Å²) in [5.74, 6) is -2.78. The van der Waals surface area contributed by atoms with E-state index in [1.165, 1.54) is 17.4 Å². The molecule has 0 fully saturated rings. The van der Waals surface area contributed by atoms with Gasteiger partial charge in [0.2, 0.25) is 0 Å². The minimum absolute atomic E-state index is 0.00238. The van der Waals surface area contributed by atoms with Crippen molar-refractivity contribution in [2.45, 2.75) is 12.7 Å². The van der Waals surface area contributed by atoms with Gasteiger partial charge < -0.3 is 26.0 Å². The van der Waals surface area contributed by atoms with Crippen molar-refractivity contribution in [2.24, 2.45) is 0 Å². The Morgan fingerprint density at radius 1 is 1.31 bits per heavy atom. The third kappa shape index (κ3) is 7.70. The molecule has 26 heavy (non-hydrogen) atoms. The normalized spacial score (nSPS) is 10.4. The molecule has 1 amide bonds. The highest BCUT2D eigenvalue weighted by molar-refractivity contribution is 7.13. The van der Waals surface area contributed by atoms with Gasteiger partial charge in [0, 0.05) is 5.38 Å². The molecule has 0 unspecified atom stereocenters. The van der Waals surface area contributed by atoms with E-state index in [2.05, 4.69) is 10.3 Å². The molecule has 2 aromatic rings. The largest absolute Gasteiger partial charge is 0.504 e. The fourth-order valence-electron chi connectivity index (χ4n) is 1.37. The lowest BCUT2D eigenvalue weighted by atomic mass is 10.3. The third-order valence-corrected chi connectivity index (χ3v) is 3.23. The molecule has 5 N–H and O–H groups in total. The second kappa shape index (κ2) is 9.46. The van der Waals surface area contributed by atoms with Crippen molar-refractivity contribution < 1.29 is 37.7 Å². The summed E-state index contributed by atoms with van der Waals surface area (Å²) < 4.78 is 36.9. The number of aliphatic carboxylic acids is 1. The lowest BCUT2D eigenvalue weighted by molar-refractivity contribution is -0.192. The first-order valence-electron chi connectivity index (χ1n) is 6.77. The van der Waals surface area contributed by atoms with Crippen molar-refractivity contribution in [3.8, 4) is 11.5 Å². The number of ether oxygens (including phenoxy) is 1. The van der Waals surface area contributed by atoms with E-state index in [0.717, 1.165) is 0 Å². The number of para-hydroxylation sites is 2. The van der Waals surface area contributed by atoms with Crippen LogP contribution in [0.1, 0.15) is 5.69 Å². The average molecular weight is 393 g/mol. The average Bonchev–Trinajstić information content (AvgIpc) is 2.97. The number of carbonyl (C=O) groups excluding carboxylic acids is 1. The van der Waals surface area contributed by atoms with Crippen LogP contribution in [-0.2, 0) is 16.1 Å². The van der Waals surface area contributed by atoms with E-state index in [1.54, 1.807) is 23.6 Å². The van der Waals surface area contributed by atoms with Crippen LogP contribution in [0.3, 0.4) is 0 Å². The Hall–Kier alpha value is -3.02. The molecular formula is C14H14F3N3O5S. The van der Waals surface area contributed by atoms with Crippen molar-refractivity contribution in [3.05, 3.63) is 35.3 Å². The van der Waals surface area contributed by atoms with E-state index in [9.17, 15) is 23.1 Å². The van der Waals surface area contributed by atoms with Crippen molar-refractivity contribution in [2.75, 3.05) is 12.3 Å². The number of amides is 1. The summed E-state index contributed by atoms with van der Waals surface area (Å²) in [5, 5.41) is 21.5. The highest BCUT2D eigenvalue weighted by atomic mass is 32.1. The Kier molecular flexibility index (Phi) is 7.65. The van der Waals surface area contributed by atoms with Crippen LogP contribution in [0.4, 0.5) is 18.3 Å². The van der Waals surface area contributed by atoms with Crippen LogP contribution in [0.5, 0.6) is 11.5 Å². The number of hydrogen-bond acceptors (Lipinski definition) is 7. The monoisotopic (exact) mass is 393 g/mol. The number of phenols is 1. The number of nitrogens with two attached hydrogens (primary N) is 1. The van der Waals surface area contributed by atoms with Crippen molar-refractivity contribution in [1.82, 2.24) is 10.3 Å². The van der Waals surface area contributed by atoms with Gasteiger partial charge in [0.05, 0.1) is 12.2 Å². The van der Waals surface area contributed by atoms with Crippen LogP contribution < -0.4 is 15.8 Å². The molecule has 0 aliphatic rings. The minimum atomic E-state index is -5.08. The van der Waals surface area contributed by atoms with E-state index in [4.69, 9.17) is 20.4 Å². The topological polar surface area (TPSA) is 135 Å². The molecule has 0 saturated carbocycles. The number of aromatic nitrogens is 1. The fourth-order valence-corrected chi connectivity index (χ4v) is 1.93. The molecule has 2 rings (SSSR count). The van der Waals surface area contributed by atoms with Gasteiger partial charge in [-0.25, -0.2) is 9.78 Å². The molecule has 0 aliphatic carbocycles. The maximum absolute atomic E-state index is 11.5. The summed E-state index contributed by atoms with van der Waals surface area (Å²) in [7, 11) is 0. The SMILES string of the molecule is Nc1nc(CNC(=O)COc2ccccc2O)cs1.O=C(O)C(F)(F)F. The number of carboxylic acids is 1. The molecule has 0 bridgehead atoms. The zero-order valence-corrected chi connectivity index (χ0v) is 13.8. The molecule has 0 aliphatic heterocycles. The second-order valence-corrected chi connectivity index (χ2v) is 5.40. The zero-order valence-electron chi connectivity index (χ0n) is 13.0. The molecule has 142 valence electrons. The summed E-state index contributed by atoms with van der Waals surface area (Å²) in [6.07, 6.45) is -5.08. The number of aromatic hydroxyl groups is 1. The number of nitrogens with zero attached hydrogens (tertiary/aromatic N) is 1. The Morgan fingerprint density at radius 2 is 1.92 bits per heavy atom. The number of thiazole rings is 1. The van der Waals surface area contributed by atoms with Gasteiger partial charge in [-0.05, 0) is 12.1 Å². The van der Waals surface area contributed by atoms with Gasteiger partial charge in [-0.2, -0.15) is 13.2 Å². The summed E-state index contributed by atoms with van der Waals surface area (Å²) in [6, 6.07) is 6.47. The Labute approximate surface area is 149 Å². The van der Waals surface area contributed by atoms with Crippen LogP contribution in [-0.4, -0.2) is 39.9 Å². The maximum Gasteiger partial charge on any atom is 0.490 e. The van der Waals surface area contributed by atoms with Crippen LogP contribution in [0, 0.1) is 0 Å². The Morgan fingerprint density at radius 3 is 2.42 bits per heavy atom. The van der Waals surface area contributed by atoms with E-state index < -0.39 is 12.1 Å². The number of rotatable bonds is 5. The predicted octanol–water partition coefficient (Wildman–Crippen LogP) is 1.76. The molecule has 1 heterocycles. The maximum atomic E-state index is 11.5. The number of hydrogen-bond donors (Lipinski definition) is 4. The van der Waals surface area contributed by atoms with Crippen molar-refractivity contribution in [3.63, 3.8) is 0 Å². The summed E-state index contributed by atoms with van der Waals surface area (Å²) in [6.45, 7) is 0.133. The number of anilines is 1. The smallest absolute Gasteiger partial charge is 0.490 e. The predicted molar refractivity (Wildman–Crippen MR) is 85.7 cm³/mol. The quantitative estimate of drug-likeness (QED) is 0.608. The molecule has 0 atom stereocenters. The van der Waals surface area contributed by atoms with E-state index in [0.29, 0.717) is 17.4 Å². The van der Waals surface area contributed by atoms with Gasteiger partial charge in [-0.1, -0.05) is 12.1 Å². The van der Waals surface area contributed by atoms with Crippen molar-refractivity contribution >= 4 is 28.3 Å².